The van der Waals surface area contributed by atoms with Crippen LogP contribution in [0.1, 0.15) is 37.0 Å². The molecule has 1 aliphatic rings. The summed E-state index contributed by atoms with van der Waals surface area (Å²) in [4.78, 5) is 18.5. The van der Waals surface area contributed by atoms with Crippen LogP contribution in [0.25, 0.3) is 22.2 Å². The van der Waals surface area contributed by atoms with E-state index in [2.05, 4.69) is 28.5 Å². The number of hydrogen-bond donors (Lipinski definition) is 2. The van der Waals surface area contributed by atoms with Crippen molar-refractivity contribution >= 4 is 22.5 Å². The van der Waals surface area contributed by atoms with Crippen LogP contribution in [0.4, 0.5) is 5.69 Å². The van der Waals surface area contributed by atoms with Gasteiger partial charge >= 0.3 is 0 Å². The number of anilines is 1. The van der Waals surface area contributed by atoms with E-state index < -0.39 is 0 Å². The van der Waals surface area contributed by atoms with Crippen molar-refractivity contribution < 1.29 is 9.53 Å². The third kappa shape index (κ3) is 4.15. The Labute approximate surface area is 172 Å². The lowest BCUT2D eigenvalue weighted by Gasteiger charge is -2.25. The van der Waals surface area contributed by atoms with Gasteiger partial charge in [-0.25, -0.2) is 0 Å². The Hall–Kier alpha value is -2.79. The maximum absolute atomic E-state index is 13.0. The number of aromatic amines is 1. The van der Waals surface area contributed by atoms with Gasteiger partial charge in [-0.2, -0.15) is 0 Å². The molecule has 5 nitrogen and oxygen atoms in total. The van der Waals surface area contributed by atoms with Crippen molar-refractivity contribution in [1.82, 2.24) is 9.88 Å². The van der Waals surface area contributed by atoms with Crippen LogP contribution in [-0.4, -0.2) is 48.1 Å². The van der Waals surface area contributed by atoms with E-state index >= 15 is 0 Å². The van der Waals surface area contributed by atoms with Crippen LogP contribution in [-0.2, 0) is 4.74 Å². The molecule has 2 heterocycles. The first-order chi connectivity index (χ1) is 14.2. The Morgan fingerprint density at radius 2 is 1.83 bits per heavy atom. The molecule has 1 amide bonds. The standard InChI is InChI=1S/C24H29N3O2/c1-3-27(4-2)24(28)19-14-18-15-21(17-8-6-5-7-9-17)26-23(18)22(16-19)25-20-10-12-29-13-11-20/h5-9,14-16,20,25-26H,3-4,10-13H2,1-2H3. The molecule has 0 unspecified atom stereocenters. The molecule has 2 aromatic carbocycles. The summed E-state index contributed by atoms with van der Waals surface area (Å²) in [5.41, 5.74) is 4.97. The van der Waals surface area contributed by atoms with Crippen LogP contribution in [0.2, 0.25) is 0 Å². The molecule has 152 valence electrons. The Balaban J connectivity index is 1.77. The summed E-state index contributed by atoms with van der Waals surface area (Å²) in [6.07, 6.45) is 1.95. The summed E-state index contributed by atoms with van der Waals surface area (Å²) in [5, 5.41) is 4.73. The van der Waals surface area contributed by atoms with E-state index in [1.807, 2.05) is 49.1 Å². The molecule has 1 aromatic heterocycles. The summed E-state index contributed by atoms with van der Waals surface area (Å²) in [6.45, 7) is 7.00. The maximum Gasteiger partial charge on any atom is 0.253 e. The van der Waals surface area contributed by atoms with Crippen LogP contribution in [0, 0.1) is 0 Å². The van der Waals surface area contributed by atoms with Gasteiger partial charge in [0.25, 0.3) is 5.91 Å². The average molecular weight is 392 g/mol. The van der Waals surface area contributed by atoms with Crippen molar-refractivity contribution in [2.24, 2.45) is 0 Å². The second-order valence-electron chi connectivity index (χ2n) is 7.55. The van der Waals surface area contributed by atoms with Crippen LogP contribution >= 0.6 is 0 Å². The minimum Gasteiger partial charge on any atom is -0.381 e. The SMILES string of the molecule is CCN(CC)C(=O)c1cc(NC2CCOCC2)c2[nH]c(-c3ccccc3)cc2c1. The van der Waals surface area contributed by atoms with E-state index in [0.717, 1.165) is 59.5 Å². The molecule has 0 aliphatic carbocycles. The number of fused-ring (bicyclic) bond motifs is 1. The number of nitrogens with zero attached hydrogens (tertiary/aromatic N) is 1. The fourth-order valence-corrected chi connectivity index (χ4v) is 4.01. The largest absolute Gasteiger partial charge is 0.381 e. The van der Waals surface area contributed by atoms with E-state index in [9.17, 15) is 4.79 Å². The second kappa shape index (κ2) is 8.70. The van der Waals surface area contributed by atoms with E-state index in [-0.39, 0.29) is 5.91 Å². The summed E-state index contributed by atoms with van der Waals surface area (Å²) in [6, 6.07) is 16.8. The minimum atomic E-state index is 0.0781. The monoisotopic (exact) mass is 391 g/mol. The Kier molecular flexibility index (Phi) is 5.86. The number of amides is 1. The molecule has 0 saturated carbocycles. The first-order valence-corrected chi connectivity index (χ1v) is 10.5. The highest BCUT2D eigenvalue weighted by Crippen LogP contribution is 2.32. The molecule has 1 saturated heterocycles. The second-order valence-corrected chi connectivity index (χ2v) is 7.55. The van der Waals surface area contributed by atoms with Gasteiger partial charge in [-0.05, 0) is 50.5 Å². The zero-order valence-corrected chi connectivity index (χ0v) is 17.2. The van der Waals surface area contributed by atoms with Crippen LogP contribution in [0.15, 0.2) is 48.5 Å². The van der Waals surface area contributed by atoms with Crippen LogP contribution < -0.4 is 5.32 Å². The predicted octanol–water partition coefficient (Wildman–Crippen LogP) is 4.91. The number of benzene rings is 2. The summed E-state index contributed by atoms with van der Waals surface area (Å²) in [7, 11) is 0. The van der Waals surface area contributed by atoms with E-state index in [1.165, 1.54) is 0 Å². The number of rotatable bonds is 6. The van der Waals surface area contributed by atoms with Gasteiger partial charge in [0.2, 0.25) is 0 Å². The lowest BCUT2D eigenvalue weighted by molar-refractivity contribution is 0.0773. The molecule has 0 atom stereocenters. The van der Waals surface area contributed by atoms with Crippen molar-refractivity contribution in [3.05, 3.63) is 54.1 Å². The van der Waals surface area contributed by atoms with Gasteiger partial charge in [0.1, 0.15) is 0 Å². The smallest absolute Gasteiger partial charge is 0.253 e. The number of hydrogen-bond acceptors (Lipinski definition) is 3. The molecule has 0 bridgehead atoms. The topological polar surface area (TPSA) is 57.4 Å². The molecule has 1 aliphatic heterocycles. The van der Waals surface area contributed by atoms with Gasteiger partial charge in [-0.3, -0.25) is 4.79 Å². The van der Waals surface area contributed by atoms with Crippen molar-refractivity contribution in [1.29, 1.82) is 0 Å². The molecule has 4 rings (SSSR count). The Morgan fingerprint density at radius 1 is 1.10 bits per heavy atom. The molecular weight excluding hydrogens is 362 g/mol. The lowest BCUT2D eigenvalue weighted by atomic mass is 10.1. The number of carbonyl (C=O) groups excluding carboxylic acids is 1. The first-order valence-electron chi connectivity index (χ1n) is 10.5. The van der Waals surface area contributed by atoms with Gasteiger partial charge in [-0.15, -0.1) is 0 Å². The van der Waals surface area contributed by atoms with E-state index in [4.69, 9.17) is 4.74 Å². The third-order valence-corrected chi connectivity index (χ3v) is 5.69. The van der Waals surface area contributed by atoms with E-state index in [0.29, 0.717) is 19.1 Å². The van der Waals surface area contributed by atoms with Gasteiger partial charge in [0.05, 0.1) is 11.2 Å². The van der Waals surface area contributed by atoms with Crippen molar-refractivity contribution in [3.8, 4) is 11.3 Å². The summed E-state index contributed by atoms with van der Waals surface area (Å²) >= 11 is 0. The normalized spacial score (nSPS) is 14.8. The molecular formula is C24H29N3O2. The highest BCUT2D eigenvalue weighted by molar-refractivity contribution is 6.03. The van der Waals surface area contributed by atoms with Crippen LogP contribution in [0.5, 0.6) is 0 Å². The predicted molar refractivity (Wildman–Crippen MR) is 118 cm³/mol. The highest BCUT2D eigenvalue weighted by Gasteiger charge is 2.19. The molecule has 29 heavy (non-hydrogen) atoms. The minimum absolute atomic E-state index is 0.0781. The zero-order chi connectivity index (χ0) is 20.2. The molecule has 3 aromatic rings. The first kappa shape index (κ1) is 19.5. The third-order valence-electron chi connectivity index (χ3n) is 5.69. The lowest BCUT2D eigenvalue weighted by Crippen LogP contribution is -2.31. The number of ether oxygens (including phenoxy) is 1. The van der Waals surface area contributed by atoms with Crippen molar-refractivity contribution in [2.75, 3.05) is 31.6 Å². The summed E-state index contributed by atoms with van der Waals surface area (Å²) in [5.74, 6) is 0.0781. The van der Waals surface area contributed by atoms with Crippen molar-refractivity contribution in [2.45, 2.75) is 32.7 Å². The molecule has 1 fully saturated rings. The number of H-pyrrole nitrogens is 1. The van der Waals surface area contributed by atoms with Gasteiger partial charge in [-0.1, -0.05) is 30.3 Å². The molecule has 0 radical (unpaired) electrons. The quantitative estimate of drug-likeness (QED) is 0.628. The maximum atomic E-state index is 13.0. The fraction of sp³-hybridized carbons (Fsp3) is 0.375. The zero-order valence-electron chi connectivity index (χ0n) is 17.2. The molecule has 0 spiro atoms. The summed E-state index contributed by atoms with van der Waals surface area (Å²) < 4.78 is 5.50. The highest BCUT2D eigenvalue weighted by atomic mass is 16.5. The van der Waals surface area contributed by atoms with Crippen molar-refractivity contribution in [3.63, 3.8) is 0 Å². The number of aromatic nitrogens is 1. The molecule has 2 N–H and O–H groups in total. The Bertz CT molecular complexity index is 970. The fourth-order valence-electron chi connectivity index (χ4n) is 4.01. The number of carbonyl (C=O) groups is 1. The average Bonchev–Trinajstić information content (AvgIpc) is 3.20. The van der Waals surface area contributed by atoms with Crippen LogP contribution in [0.3, 0.4) is 0 Å². The Morgan fingerprint density at radius 3 is 2.52 bits per heavy atom. The van der Waals surface area contributed by atoms with Gasteiger partial charge in [0.15, 0.2) is 0 Å². The van der Waals surface area contributed by atoms with E-state index in [1.54, 1.807) is 0 Å². The molecule has 5 heteroatoms. The van der Waals surface area contributed by atoms with Gasteiger partial charge in [0, 0.05) is 49.0 Å². The number of nitrogens with one attached hydrogen (secondary N) is 2. The van der Waals surface area contributed by atoms with Gasteiger partial charge < -0.3 is 19.9 Å².